The van der Waals surface area contributed by atoms with Crippen molar-refractivity contribution >= 4 is 5.69 Å². The molecule has 0 spiro atoms. The van der Waals surface area contributed by atoms with Crippen molar-refractivity contribution in [3.8, 4) is 11.1 Å². The Balaban J connectivity index is 0.000000509. The van der Waals surface area contributed by atoms with E-state index in [2.05, 4.69) is 24.6 Å². The summed E-state index contributed by atoms with van der Waals surface area (Å²) in [6.07, 6.45) is 2.70. The fourth-order valence-electron chi connectivity index (χ4n) is 1.43. The standard InChI is InChI=1S/C11H12N2.C2H4O.C2H6/c1-8-11(6-7-13-8)9-2-4-10(12)5-3-9;1-2-3;1-2/h2-7,13H,12H2,1H3;2-3H,1H2;1-2H3. The number of H-pyrrole nitrogens is 1. The van der Waals surface area contributed by atoms with Gasteiger partial charge in [0.1, 0.15) is 0 Å². The van der Waals surface area contributed by atoms with E-state index in [1.807, 2.05) is 44.3 Å². The number of nitrogens with one attached hydrogen (secondary N) is 1. The minimum Gasteiger partial charge on any atom is -0.516 e. The zero-order valence-corrected chi connectivity index (χ0v) is 11.3. The summed E-state index contributed by atoms with van der Waals surface area (Å²) in [6.45, 7) is 8.98. The van der Waals surface area contributed by atoms with Crippen molar-refractivity contribution in [2.45, 2.75) is 20.8 Å². The lowest BCUT2D eigenvalue weighted by molar-refractivity contribution is 0.476. The highest BCUT2D eigenvalue weighted by atomic mass is 16.2. The van der Waals surface area contributed by atoms with Crippen LogP contribution in [0, 0.1) is 6.92 Å². The van der Waals surface area contributed by atoms with Gasteiger partial charge in [-0.1, -0.05) is 32.6 Å². The Morgan fingerprint density at radius 2 is 1.67 bits per heavy atom. The number of aryl methyl sites for hydroxylation is 1. The summed E-state index contributed by atoms with van der Waals surface area (Å²) in [5.41, 5.74) is 10.0. The molecule has 0 saturated carbocycles. The highest BCUT2D eigenvalue weighted by Gasteiger charge is 2.00. The van der Waals surface area contributed by atoms with Crippen molar-refractivity contribution < 1.29 is 5.11 Å². The van der Waals surface area contributed by atoms with Crippen LogP contribution in [0.2, 0.25) is 0 Å². The molecule has 1 aromatic carbocycles. The number of aromatic amines is 1. The van der Waals surface area contributed by atoms with Crippen LogP contribution >= 0.6 is 0 Å². The van der Waals surface area contributed by atoms with Crippen molar-refractivity contribution in [1.82, 2.24) is 4.98 Å². The molecule has 0 unspecified atom stereocenters. The highest BCUT2D eigenvalue weighted by molar-refractivity contribution is 5.67. The molecule has 0 aliphatic carbocycles. The van der Waals surface area contributed by atoms with Crippen LogP contribution in [0.5, 0.6) is 0 Å². The first-order valence-corrected chi connectivity index (χ1v) is 5.94. The number of hydrogen-bond donors (Lipinski definition) is 3. The minimum atomic E-state index is 0.750. The van der Waals surface area contributed by atoms with E-state index in [0.29, 0.717) is 0 Å². The molecule has 0 bridgehead atoms. The van der Waals surface area contributed by atoms with Gasteiger partial charge in [0.2, 0.25) is 0 Å². The van der Waals surface area contributed by atoms with E-state index in [-0.39, 0.29) is 0 Å². The maximum atomic E-state index is 7.33. The van der Waals surface area contributed by atoms with Gasteiger partial charge >= 0.3 is 0 Å². The van der Waals surface area contributed by atoms with E-state index in [4.69, 9.17) is 10.8 Å². The number of rotatable bonds is 1. The van der Waals surface area contributed by atoms with Gasteiger partial charge in [0.05, 0.1) is 6.26 Å². The van der Waals surface area contributed by atoms with E-state index in [1.54, 1.807) is 0 Å². The number of hydrogen-bond acceptors (Lipinski definition) is 2. The van der Waals surface area contributed by atoms with Crippen LogP contribution in [0.3, 0.4) is 0 Å². The van der Waals surface area contributed by atoms with Crippen LogP contribution in [0.1, 0.15) is 19.5 Å². The molecule has 2 aromatic rings. The van der Waals surface area contributed by atoms with Gasteiger partial charge in [-0.15, -0.1) is 0 Å². The van der Waals surface area contributed by atoms with Crippen LogP contribution in [0.25, 0.3) is 11.1 Å². The third-order valence-electron chi connectivity index (χ3n) is 2.18. The van der Waals surface area contributed by atoms with Gasteiger partial charge in [0, 0.05) is 23.1 Å². The first kappa shape index (κ1) is 15.8. The molecule has 0 radical (unpaired) electrons. The van der Waals surface area contributed by atoms with Gasteiger partial charge in [-0.2, -0.15) is 0 Å². The van der Waals surface area contributed by atoms with Crippen molar-refractivity contribution in [1.29, 1.82) is 0 Å². The molecule has 0 aliphatic rings. The van der Waals surface area contributed by atoms with Gasteiger partial charge in [0.25, 0.3) is 0 Å². The molecule has 98 valence electrons. The average Bonchev–Trinajstić information content (AvgIpc) is 2.80. The molecule has 0 fully saturated rings. The third-order valence-corrected chi connectivity index (χ3v) is 2.18. The second-order valence-corrected chi connectivity index (χ2v) is 3.32. The Labute approximate surface area is 109 Å². The SMILES string of the molecule is C=CO.CC.Cc1[nH]ccc1-c1ccc(N)cc1. The summed E-state index contributed by atoms with van der Waals surface area (Å²) < 4.78 is 0. The van der Waals surface area contributed by atoms with Gasteiger partial charge in [-0.05, 0) is 30.7 Å². The number of benzene rings is 1. The summed E-state index contributed by atoms with van der Waals surface area (Å²) in [4.78, 5) is 3.15. The van der Waals surface area contributed by atoms with E-state index in [1.165, 1.54) is 16.8 Å². The number of aromatic nitrogens is 1. The quantitative estimate of drug-likeness (QED) is 0.519. The molecule has 1 aromatic heterocycles. The van der Waals surface area contributed by atoms with Crippen LogP contribution < -0.4 is 5.73 Å². The Morgan fingerprint density at radius 3 is 2.06 bits per heavy atom. The monoisotopic (exact) mass is 246 g/mol. The molecule has 0 aliphatic heterocycles. The van der Waals surface area contributed by atoms with E-state index in [9.17, 15) is 0 Å². The fourth-order valence-corrected chi connectivity index (χ4v) is 1.43. The Bertz CT molecular complexity index is 444. The first-order valence-electron chi connectivity index (χ1n) is 5.94. The molecule has 0 atom stereocenters. The second-order valence-electron chi connectivity index (χ2n) is 3.32. The van der Waals surface area contributed by atoms with Gasteiger partial charge in [0.15, 0.2) is 0 Å². The van der Waals surface area contributed by atoms with Crippen molar-refractivity contribution in [2.24, 2.45) is 0 Å². The third kappa shape index (κ3) is 4.78. The molecule has 2 rings (SSSR count). The zero-order chi connectivity index (χ0) is 14.0. The molecule has 1 heterocycles. The van der Waals surface area contributed by atoms with E-state index < -0.39 is 0 Å². The van der Waals surface area contributed by atoms with Crippen molar-refractivity contribution in [3.63, 3.8) is 0 Å². The molecular weight excluding hydrogens is 224 g/mol. The largest absolute Gasteiger partial charge is 0.516 e. The summed E-state index contributed by atoms with van der Waals surface area (Å²) in [6, 6.07) is 9.97. The van der Waals surface area contributed by atoms with Crippen molar-refractivity contribution in [3.05, 3.63) is 55.1 Å². The van der Waals surface area contributed by atoms with Gasteiger partial charge < -0.3 is 15.8 Å². The van der Waals surface area contributed by atoms with E-state index in [0.717, 1.165) is 11.9 Å². The molecule has 0 saturated heterocycles. The summed E-state index contributed by atoms with van der Waals surface area (Å²) in [5, 5.41) is 7.33. The normalized spacial score (nSPS) is 8.39. The Kier molecular flexibility index (Phi) is 7.86. The number of anilines is 1. The molecule has 3 heteroatoms. The lowest BCUT2D eigenvalue weighted by atomic mass is 10.1. The second kappa shape index (κ2) is 8.93. The Hall–Kier alpha value is -2.16. The summed E-state index contributed by atoms with van der Waals surface area (Å²) in [7, 11) is 0. The maximum Gasteiger partial charge on any atom is 0.0719 e. The molecule has 3 nitrogen and oxygen atoms in total. The van der Waals surface area contributed by atoms with Crippen LogP contribution in [-0.2, 0) is 0 Å². The highest BCUT2D eigenvalue weighted by Crippen LogP contribution is 2.22. The van der Waals surface area contributed by atoms with E-state index >= 15 is 0 Å². The predicted molar refractivity (Wildman–Crippen MR) is 79.6 cm³/mol. The molecule has 0 amide bonds. The fraction of sp³-hybridized carbons (Fsp3) is 0.200. The number of aliphatic hydroxyl groups excluding tert-OH is 1. The number of aliphatic hydroxyl groups is 1. The summed E-state index contributed by atoms with van der Waals surface area (Å²) >= 11 is 0. The zero-order valence-electron chi connectivity index (χ0n) is 11.3. The average molecular weight is 246 g/mol. The van der Waals surface area contributed by atoms with Gasteiger partial charge in [-0.3, -0.25) is 0 Å². The first-order chi connectivity index (χ1) is 8.69. The van der Waals surface area contributed by atoms with Crippen LogP contribution in [0.15, 0.2) is 49.4 Å². The van der Waals surface area contributed by atoms with Gasteiger partial charge in [-0.25, -0.2) is 0 Å². The number of nitrogens with two attached hydrogens (primary N) is 1. The smallest absolute Gasteiger partial charge is 0.0719 e. The lowest BCUT2D eigenvalue weighted by Gasteiger charge is -2.00. The predicted octanol–water partition coefficient (Wildman–Crippen LogP) is 4.29. The molecule has 4 N–H and O–H groups in total. The number of nitrogen functional groups attached to an aromatic ring is 1. The van der Waals surface area contributed by atoms with Crippen LogP contribution in [0.4, 0.5) is 5.69 Å². The Morgan fingerprint density at radius 1 is 1.17 bits per heavy atom. The minimum absolute atomic E-state index is 0.750. The molecule has 18 heavy (non-hydrogen) atoms. The molecular formula is C15H22N2O. The maximum absolute atomic E-state index is 7.33. The summed E-state index contributed by atoms with van der Waals surface area (Å²) in [5.74, 6) is 0. The lowest BCUT2D eigenvalue weighted by Crippen LogP contribution is -1.84. The van der Waals surface area contributed by atoms with Crippen molar-refractivity contribution in [2.75, 3.05) is 5.73 Å². The van der Waals surface area contributed by atoms with Crippen LogP contribution in [-0.4, -0.2) is 10.1 Å². The topological polar surface area (TPSA) is 62.0 Å².